The topological polar surface area (TPSA) is 42.2 Å². The number of hydrogen-bond donors (Lipinski definition) is 0. The van der Waals surface area contributed by atoms with Gasteiger partial charge in [0.1, 0.15) is 5.75 Å². The van der Waals surface area contributed by atoms with E-state index in [1.165, 1.54) is 0 Å². The van der Waals surface area contributed by atoms with Gasteiger partial charge in [0.15, 0.2) is 0 Å². The maximum absolute atomic E-state index is 8.70. The molecule has 84 valence electrons. The molecule has 0 radical (unpaired) electrons. The van der Waals surface area contributed by atoms with E-state index in [0.717, 1.165) is 12.2 Å². The van der Waals surface area contributed by atoms with Crippen LogP contribution in [0.3, 0.4) is 0 Å². The van der Waals surface area contributed by atoms with Gasteiger partial charge in [0.2, 0.25) is 0 Å². The highest BCUT2D eigenvalue weighted by Crippen LogP contribution is 2.12. The number of nitrogens with zero attached hydrogens (tertiary/aromatic N) is 1. The molecular formula is C13H15NO2. The van der Waals surface area contributed by atoms with Crippen LogP contribution in [-0.4, -0.2) is 19.8 Å². The van der Waals surface area contributed by atoms with Gasteiger partial charge in [-0.2, -0.15) is 5.26 Å². The molecule has 0 aliphatic heterocycles. The van der Waals surface area contributed by atoms with Crippen LogP contribution in [0.15, 0.2) is 36.9 Å². The molecule has 1 rings (SSSR count). The van der Waals surface area contributed by atoms with Crippen LogP contribution in [-0.2, 0) is 4.74 Å². The molecule has 0 spiro atoms. The van der Waals surface area contributed by atoms with Gasteiger partial charge in [-0.3, -0.25) is 0 Å². The summed E-state index contributed by atoms with van der Waals surface area (Å²) in [4.78, 5) is 0. The SMILES string of the molecule is C=CCOCCCOc1cccc(C#N)c1. The Balaban J connectivity index is 2.21. The van der Waals surface area contributed by atoms with Crippen LogP contribution in [0.1, 0.15) is 12.0 Å². The first kappa shape index (κ1) is 12.3. The lowest BCUT2D eigenvalue weighted by Gasteiger charge is -2.06. The number of ether oxygens (including phenoxy) is 2. The van der Waals surface area contributed by atoms with Crippen LogP contribution in [0.2, 0.25) is 0 Å². The highest BCUT2D eigenvalue weighted by atomic mass is 16.5. The Morgan fingerprint density at radius 2 is 2.25 bits per heavy atom. The standard InChI is InChI=1S/C13H15NO2/c1-2-7-15-8-4-9-16-13-6-3-5-12(10-13)11-14/h2-3,5-6,10H,1,4,7-9H2. The van der Waals surface area contributed by atoms with E-state index in [9.17, 15) is 0 Å². The Bertz CT molecular complexity index is 368. The van der Waals surface area contributed by atoms with Crippen molar-refractivity contribution in [2.75, 3.05) is 19.8 Å². The van der Waals surface area contributed by atoms with Gasteiger partial charge in [0, 0.05) is 6.42 Å². The highest BCUT2D eigenvalue weighted by Gasteiger charge is 1.95. The number of nitriles is 1. The van der Waals surface area contributed by atoms with Crippen molar-refractivity contribution in [2.24, 2.45) is 0 Å². The summed E-state index contributed by atoms with van der Waals surface area (Å²) >= 11 is 0. The monoisotopic (exact) mass is 217 g/mol. The molecule has 1 aromatic carbocycles. The predicted octanol–water partition coefficient (Wildman–Crippen LogP) is 2.53. The quantitative estimate of drug-likeness (QED) is 0.520. The number of benzene rings is 1. The molecule has 0 saturated heterocycles. The largest absolute Gasteiger partial charge is 0.493 e. The molecule has 0 fully saturated rings. The molecule has 1 aromatic rings. The van der Waals surface area contributed by atoms with Crippen LogP contribution in [0.5, 0.6) is 5.75 Å². The second-order valence-electron chi connectivity index (χ2n) is 3.21. The summed E-state index contributed by atoms with van der Waals surface area (Å²) in [5.41, 5.74) is 0.611. The Hall–Kier alpha value is -1.79. The third-order valence-corrected chi connectivity index (χ3v) is 1.90. The minimum absolute atomic E-state index is 0.573. The number of rotatable bonds is 7. The first-order valence-corrected chi connectivity index (χ1v) is 5.18. The maximum atomic E-state index is 8.70. The molecule has 0 heterocycles. The van der Waals surface area contributed by atoms with Crippen LogP contribution in [0, 0.1) is 11.3 Å². The zero-order valence-electron chi connectivity index (χ0n) is 9.19. The summed E-state index contributed by atoms with van der Waals surface area (Å²) in [5, 5.41) is 8.70. The minimum atomic E-state index is 0.573. The summed E-state index contributed by atoms with van der Waals surface area (Å²) in [6.07, 6.45) is 2.54. The smallest absolute Gasteiger partial charge is 0.120 e. The molecule has 16 heavy (non-hydrogen) atoms. The van der Waals surface area contributed by atoms with E-state index in [4.69, 9.17) is 14.7 Å². The Morgan fingerprint density at radius 3 is 3.00 bits per heavy atom. The van der Waals surface area contributed by atoms with E-state index in [-0.39, 0.29) is 0 Å². The van der Waals surface area contributed by atoms with Gasteiger partial charge in [-0.25, -0.2) is 0 Å². The van der Waals surface area contributed by atoms with Crippen molar-refractivity contribution < 1.29 is 9.47 Å². The lowest BCUT2D eigenvalue weighted by molar-refractivity contribution is 0.143. The molecule has 3 heteroatoms. The first-order valence-electron chi connectivity index (χ1n) is 5.18. The molecule has 0 aliphatic rings. The van der Waals surface area contributed by atoms with Crippen LogP contribution < -0.4 is 4.74 Å². The third-order valence-electron chi connectivity index (χ3n) is 1.90. The van der Waals surface area contributed by atoms with Gasteiger partial charge in [-0.1, -0.05) is 12.1 Å². The Labute approximate surface area is 95.9 Å². The normalized spacial score (nSPS) is 9.44. The molecule has 0 aliphatic carbocycles. The van der Waals surface area contributed by atoms with E-state index in [0.29, 0.717) is 25.4 Å². The second kappa shape index (κ2) is 7.49. The molecule has 0 aromatic heterocycles. The zero-order chi connectivity index (χ0) is 11.6. The minimum Gasteiger partial charge on any atom is -0.493 e. The van der Waals surface area contributed by atoms with Crippen LogP contribution in [0.4, 0.5) is 0 Å². The molecule has 0 saturated carbocycles. The van der Waals surface area contributed by atoms with Gasteiger partial charge in [-0.15, -0.1) is 6.58 Å². The molecule has 0 amide bonds. The van der Waals surface area contributed by atoms with Gasteiger partial charge in [0.05, 0.1) is 31.5 Å². The van der Waals surface area contributed by atoms with Gasteiger partial charge in [0.25, 0.3) is 0 Å². The Morgan fingerprint density at radius 1 is 1.38 bits per heavy atom. The fraction of sp³-hybridized carbons (Fsp3) is 0.308. The highest BCUT2D eigenvalue weighted by molar-refractivity contribution is 5.36. The molecule has 0 bridgehead atoms. The predicted molar refractivity (Wildman–Crippen MR) is 62.3 cm³/mol. The third kappa shape index (κ3) is 4.63. The van der Waals surface area contributed by atoms with Gasteiger partial charge < -0.3 is 9.47 Å². The van der Waals surface area contributed by atoms with Crippen LogP contribution >= 0.6 is 0 Å². The fourth-order valence-corrected chi connectivity index (χ4v) is 1.17. The zero-order valence-corrected chi connectivity index (χ0v) is 9.19. The van der Waals surface area contributed by atoms with Gasteiger partial charge in [-0.05, 0) is 18.2 Å². The summed E-state index contributed by atoms with van der Waals surface area (Å²) in [7, 11) is 0. The van der Waals surface area contributed by atoms with Crippen molar-refractivity contribution in [2.45, 2.75) is 6.42 Å². The van der Waals surface area contributed by atoms with E-state index >= 15 is 0 Å². The molecule has 0 atom stereocenters. The average Bonchev–Trinajstić information content (AvgIpc) is 2.34. The summed E-state index contributed by atoms with van der Waals surface area (Å²) in [6.45, 7) is 5.38. The second-order valence-corrected chi connectivity index (χ2v) is 3.21. The van der Waals surface area contributed by atoms with Crippen molar-refractivity contribution in [1.82, 2.24) is 0 Å². The number of hydrogen-bond acceptors (Lipinski definition) is 3. The van der Waals surface area contributed by atoms with E-state index in [1.807, 2.05) is 12.1 Å². The van der Waals surface area contributed by atoms with Crippen molar-refractivity contribution in [1.29, 1.82) is 5.26 Å². The van der Waals surface area contributed by atoms with Gasteiger partial charge >= 0.3 is 0 Å². The Kier molecular flexibility index (Phi) is 5.75. The summed E-state index contributed by atoms with van der Waals surface area (Å²) in [6, 6.07) is 9.19. The van der Waals surface area contributed by atoms with E-state index in [2.05, 4.69) is 12.6 Å². The van der Waals surface area contributed by atoms with Crippen molar-refractivity contribution in [3.05, 3.63) is 42.5 Å². The van der Waals surface area contributed by atoms with Crippen molar-refractivity contribution in [3.63, 3.8) is 0 Å². The lowest BCUT2D eigenvalue weighted by Crippen LogP contribution is -2.03. The molecule has 0 N–H and O–H groups in total. The van der Waals surface area contributed by atoms with Crippen molar-refractivity contribution >= 4 is 0 Å². The average molecular weight is 217 g/mol. The van der Waals surface area contributed by atoms with E-state index < -0.39 is 0 Å². The lowest BCUT2D eigenvalue weighted by atomic mass is 10.2. The fourth-order valence-electron chi connectivity index (χ4n) is 1.17. The molecule has 0 unspecified atom stereocenters. The summed E-state index contributed by atoms with van der Waals surface area (Å²) in [5.74, 6) is 0.725. The van der Waals surface area contributed by atoms with Crippen LogP contribution in [0.25, 0.3) is 0 Å². The molecule has 3 nitrogen and oxygen atoms in total. The van der Waals surface area contributed by atoms with Crippen molar-refractivity contribution in [3.8, 4) is 11.8 Å². The summed E-state index contributed by atoms with van der Waals surface area (Å²) < 4.78 is 10.7. The maximum Gasteiger partial charge on any atom is 0.120 e. The molecular weight excluding hydrogens is 202 g/mol. The van der Waals surface area contributed by atoms with E-state index in [1.54, 1.807) is 18.2 Å². The first-order chi connectivity index (χ1) is 7.86.